The van der Waals surface area contributed by atoms with E-state index in [1.807, 2.05) is 6.92 Å². The van der Waals surface area contributed by atoms with Crippen molar-refractivity contribution in [2.75, 3.05) is 11.5 Å². The highest BCUT2D eigenvalue weighted by molar-refractivity contribution is 7.99. The molecule has 0 aromatic rings. The summed E-state index contributed by atoms with van der Waals surface area (Å²) in [5.41, 5.74) is -1.08. The van der Waals surface area contributed by atoms with Gasteiger partial charge in [-0.05, 0) is 18.6 Å². The lowest BCUT2D eigenvalue weighted by Gasteiger charge is -2.33. The number of rotatable bonds is 7. The monoisotopic (exact) mass is 272 g/mol. The molecular formula is C12H20N2O3S. The predicted octanol–water partition coefficient (Wildman–Crippen LogP) is 1.67. The van der Waals surface area contributed by atoms with Crippen molar-refractivity contribution in [3.05, 3.63) is 0 Å². The predicted molar refractivity (Wildman–Crippen MR) is 71.3 cm³/mol. The smallest absolute Gasteiger partial charge is 0.277 e. The molecule has 0 atom stereocenters. The minimum absolute atomic E-state index is 0.436. The highest BCUT2D eigenvalue weighted by Gasteiger charge is 2.49. The third-order valence-electron chi connectivity index (χ3n) is 2.99. The second-order valence-electron chi connectivity index (χ2n) is 4.48. The molecule has 1 heterocycles. The van der Waals surface area contributed by atoms with Gasteiger partial charge >= 0.3 is 6.03 Å². The Kier molecular flexibility index (Phi) is 5.65. The zero-order valence-corrected chi connectivity index (χ0v) is 11.7. The molecule has 4 amide bonds. The van der Waals surface area contributed by atoms with Crippen molar-refractivity contribution < 1.29 is 14.4 Å². The summed E-state index contributed by atoms with van der Waals surface area (Å²) in [5.74, 6) is 0.451. The summed E-state index contributed by atoms with van der Waals surface area (Å²) in [7, 11) is 0. The first-order valence-electron chi connectivity index (χ1n) is 6.31. The number of barbiturate groups is 1. The Morgan fingerprint density at radius 3 is 2.17 bits per heavy atom. The van der Waals surface area contributed by atoms with E-state index in [-0.39, 0.29) is 0 Å². The third kappa shape index (κ3) is 3.25. The van der Waals surface area contributed by atoms with E-state index in [0.29, 0.717) is 12.2 Å². The molecule has 0 bridgehead atoms. The van der Waals surface area contributed by atoms with Crippen LogP contribution in [-0.2, 0) is 9.59 Å². The molecule has 2 N–H and O–H groups in total. The van der Waals surface area contributed by atoms with Crippen LogP contribution in [0, 0.1) is 5.41 Å². The zero-order chi connectivity index (χ0) is 13.6. The average Bonchev–Trinajstić information content (AvgIpc) is 2.31. The molecule has 0 unspecified atom stereocenters. The molecule has 1 aliphatic rings. The van der Waals surface area contributed by atoms with E-state index in [1.54, 1.807) is 11.8 Å². The molecule has 0 saturated carbocycles. The zero-order valence-electron chi connectivity index (χ0n) is 10.9. The quantitative estimate of drug-likeness (QED) is 0.546. The van der Waals surface area contributed by atoms with Crippen LogP contribution in [0.5, 0.6) is 0 Å². The fraction of sp³-hybridized carbons (Fsp3) is 0.750. The number of carbonyl (C=O) groups is 3. The largest absolute Gasteiger partial charge is 0.328 e. The SMILES string of the molecule is CCCCSCC1(CCC)C(=O)NC(=O)NC1=O. The van der Waals surface area contributed by atoms with Crippen LogP contribution < -0.4 is 10.6 Å². The molecule has 0 spiro atoms. The van der Waals surface area contributed by atoms with Crippen molar-refractivity contribution in [2.45, 2.75) is 39.5 Å². The van der Waals surface area contributed by atoms with Crippen molar-refractivity contribution in [1.82, 2.24) is 10.6 Å². The molecule has 1 fully saturated rings. The van der Waals surface area contributed by atoms with Crippen LogP contribution >= 0.6 is 11.8 Å². The van der Waals surface area contributed by atoms with Crippen LogP contribution in [0.15, 0.2) is 0 Å². The average molecular weight is 272 g/mol. The maximum atomic E-state index is 12.0. The Balaban J connectivity index is 2.74. The van der Waals surface area contributed by atoms with Crippen molar-refractivity contribution in [3.63, 3.8) is 0 Å². The van der Waals surface area contributed by atoms with Crippen molar-refractivity contribution >= 4 is 29.6 Å². The fourth-order valence-corrected chi connectivity index (χ4v) is 3.32. The summed E-state index contributed by atoms with van der Waals surface area (Å²) >= 11 is 1.60. The standard InChI is InChI=1S/C12H20N2O3S/c1-3-5-7-18-8-12(6-4-2)9(15)13-11(17)14-10(12)16/h3-8H2,1-2H3,(H2,13,14,15,16,17). The first-order valence-corrected chi connectivity index (χ1v) is 7.47. The van der Waals surface area contributed by atoms with E-state index in [2.05, 4.69) is 17.6 Å². The van der Waals surface area contributed by atoms with Gasteiger partial charge in [-0.3, -0.25) is 20.2 Å². The Hall–Kier alpha value is -1.04. The summed E-state index contributed by atoms with van der Waals surface area (Å²) in [5, 5.41) is 4.41. The van der Waals surface area contributed by atoms with E-state index >= 15 is 0 Å². The number of hydrogen-bond acceptors (Lipinski definition) is 4. The molecule has 0 aliphatic carbocycles. The van der Waals surface area contributed by atoms with E-state index in [4.69, 9.17) is 0 Å². The van der Waals surface area contributed by atoms with Gasteiger partial charge in [0.1, 0.15) is 5.41 Å². The molecule has 6 heteroatoms. The molecule has 102 valence electrons. The summed E-state index contributed by atoms with van der Waals surface area (Å²) in [6.07, 6.45) is 3.35. The van der Waals surface area contributed by atoms with Crippen LogP contribution in [0.4, 0.5) is 4.79 Å². The van der Waals surface area contributed by atoms with Gasteiger partial charge in [0.25, 0.3) is 0 Å². The van der Waals surface area contributed by atoms with Gasteiger partial charge < -0.3 is 0 Å². The summed E-state index contributed by atoms with van der Waals surface area (Å²) in [4.78, 5) is 35.1. The number of carbonyl (C=O) groups excluding carboxylic acids is 3. The van der Waals surface area contributed by atoms with Crippen LogP contribution in [-0.4, -0.2) is 29.4 Å². The highest BCUT2D eigenvalue weighted by Crippen LogP contribution is 2.31. The number of unbranched alkanes of at least 4 members (excludes halogenated alkanes) is 1. The molecule has 0 radical (unpaired) electrons. The van der Waals surface area contributed by atoms with Crippen LogP contribution in [0.1, 0.15) is 39.5 Å². The van der Waals surface area contributed by atoms with Gasteiger partial charge in [0.15, 0.2) is 0 Å². The second kappa shape index (κ2) is 6.78. The molecule has 1 rings (SSSR count). The topological polar surface area (TPSA) is 75.3 Å². The van der Waals surface area contributed by atoms with Crippen LogP contribution in [0.2, 0.25) is 0 Å². The summed E-state index contributed by atoms with van der Waals surface area (Å²) in [6.45, 7) is 4.02. The van der Waals surface area contributed by atoms with Gasteiger partial charge in [-0.25, -0.2) is 4.79 Å². The van der Waals surface area contributed by atoms with Gasteiger partial charge in [0.2, 0.25) is 11.8 Å². The normalized spacial score (nSPS) is 18.4. The lowest BCUT2D eigenvalue weighted by molar-refractivity contribution is -0.143. The molecule has 0 aromatic heterocycles. The first-order chi connectivity index (χ1) is 8.56. The van der Waals surface area contributed by atoms with E-state index in [1.165, 1.54) is 0 Å². The van der Waals surface area contributed by atoms with Gasteiger partial charge in [0, 0.05) is 5.75 Å². The van der Waals surface area contributed by atoms with Gasteiger partial charge in [0.05, 0.1) is 0 Å². The van der Waals surface area contributed by atoms with E-state index < -0.39 is 23.3 Å². The molecule has 1 aliphatic heterocycles. The fourth-order valence-electron chi connectivity index (χ4n) is 1.93. The maximum absolute atomic E-state index is 12.0. The summed E-state index contributed by atoms with van der Waals surface area (Å²) < 4.78 is 0. The van der Waals surface area contributed by atoms with Gasteiger partial charge in [-0.2, -0.15) is 11.8 Å². The molecular weight excluding hydrogens is 252 g/mol. The first kappa shape index (κ1) is 15.0. The maximum Gasteiger partial charge on any atom is 0.328 e. The van der Waals surface area contributed by atoms with Crippen LogP contribution in [0.3, 0.4) is 0 Å². The summed E-state index contributed by atoms with van der Waals surface area (Å²) in [6, 6.07) is -0.713. The minimum Gasteiger partial charge on any atom is -0.277 e. The van der Waals surface area contributed by atoms with E-state index in [0.717, 1.165) is 25.0 Å². The Morgan fingerprint density at radius 1 is 1.06 bits per heavy atom. The van der Waals surface area contributed by atoms with Crippen molar-refractivity contribution in [3.8, 4) is 0 Å². The molecule has 18 heavy (non-hydrogen) atoms. The van der Waals surface area contributed by atoms with Gasteiger partial charge in [-0.15, -0.1) is 0 Å². The number of amides is 4. The van der Waals surface area contributed by atoms with Crippen LogP contribution in [0.25, 0.3) is 0 Å². The van der Waals surface area contributed by atoms with Gasteiger partial charge in [-0.1, -0.05) is 26.7 Å². The minimum atomic E-state index is -1.08. The number of hydrogen-bond donors (Lipinski definition) is 2. The van der Waals surface area contributed by atoms with Crippen molar-refractivity contribution in [2.24, 2.45) is 5.41 Å². The molecule has 5 nitrogen and oxygen atoms in total. The Bertz CT molecular complexity index is 324. The lowest BCUT2D eigenvalue weighted by Crippen LogP contribution is -2.63. The van der Waals surface area contributed by atoms with Crippen molar-refractivity contribution in [1.29, 1.82) is 0 Å². The van der Waals surface area contributed by atoms with E-state index in [9.17, 15) is 14.4 Å². The molecule has 1 saturated heterocycles. The molecule has 0 aromatic carbocycles. The number of urea groups is 1. The Labute approximate surface area is 111 Å². The number of imide groups is 2. The second-order valence-corrected chi connectivity index (χ2v) is 5.58. The Morgan fingerprint density at radius 2 is 1.67 bits per heavy atom. The number of thioether (sulfide) groups is 1. The number of nitrogens with one attached hydrogen (secondary N) is 2. The third-order valence-corrected chi connectivity index (χ3v) is 4.27. The highest BCUT2D eigenvalue weighted by atomic mass is 32.2. The lowest BCUT2D eigenvalue weighted by atomic mass is 9.82.